The van der Waals surface area contributed by atoms with Gasteiger partial charge in [-0.25, -0.2) is 4.98 Å². The Morgan fingerprint density at radius 1 is 0.479 bits per heavy atom. The molecule has 7 aromatic carbocycles. The van der Waals surface area contributed by atoms with E-state index < -0.39 is 0 Å². The normalized spacial score (nSPS) is 11.8. The van der Waals surface area contributed by atoms with Crippen LogP contribution in [0.15, 0.2) is 162 Å². The Morgan fingerprint density at radius 3 is 2.02 bits per heavy atom. The molecule has 5 heteroatoms. The van der Waals surface area contributed by atoms with Crippen LogP contribution < -0.4 is 4.90 Å². The zero-order valence-corrected chi connectivity index (χ0v) is 27.3. The minimum Gasteiger partial charge on any atom is -0.456 e. The van der Waals surface area contributed by atoms with Gasteiger partial charge in [0.25, 0.3) is 0 Å². The van der Waals surface area contributed by atoms with E-state index in [2.05, 4.69) is 150 Å². The molecule has 3 heterocycles. The lowest BCUT2D eigenvalue weighted by molar-refractivity contribution is 0.669. The fourth-order valence-electron chi connectivity index (χ4n) is 6.88. The van der Waals surface area contributed by atoms with Crippen LogP contribution in [-0.4, -0.2) is 4.98 Å². The molecule has 0 fully saturated rings. The SMILES string of the molecule is c1ccc(-c2ccc(N(c3ccc4c(c3)sc3ccc5nc(-c6ccccc6)sc5c34)c3cccc4oc5ccccc5c34)cc2)cc1. The van der Waals surface area contributed by atoms with Crippen molar-refractivity contribution in [3.8, 4) is 21.7 Å². The summed E-state index contributed by atoms with van der Waals surface area (Å²) in [5.41, 5.74) is 9.65. The number of benzene rings is 7. The average Bonchev–Trinajstić information content (AvgIpc) is 3.86. The number of para-hydroxylation sites is 1. The predicted octanol–water partition coefficient (Wildman–Crippen LogP) is 13.4. The molecule has 0 bridgehead atoms. The molecule has 10 aromatic rings. The molecule has 0 amide bonds. The van der Waals surface area contributed by atoms with E-state index in [1.54, 1.807) is 11.3 Å². The highest BCUT2D eigenvalue weighted by atomic mass is 32.1. The third-order valence-electron chi connectivity index (χ3n) is 9.11. The van der Waals surface area contributed by atoms with Crippen LogP contribution in [0.1, 0.15) is 0 Å². The summed E-state index contributed by atoms with van der Waals surface area (Å²) in [7, 11) is 0. The van der Waals surface area contributed by atoms with Crippen LogP contribution in [0.3, 0.4) is 0 Å². The van der Waals surface area contributed by atoms with Gasteiger partial charge in [0, 0.05) is 42.5 Å². The van der Waals surface area contributed by atoms with Gasteiger partial charge in [-0.05, 0) is 65.7 Å². The lowest BCUT2D eigenvalue weighted by Gasteiger charge is -2.26. The van der Waals surface area contributed by atoms with Crippen LogP contribution >= 0.6 is 22.7 Å². The summed E-state index contributed by atoms with van der Waals surface area (Å²) in [6.45, 7) is 0. The molecule has 10 rings (SSSR count). The highest BCUT2D eigenvalue weighted by molar-refractivity contribution is 7.28. The number of furan rings is 1. The van der Waals surface area contributed by atoms with E-state index in [0.29, 0.717) is 0 Å². The average molecular weight is 651 g/mol. The maximum atomic E-state index is 6.35. The number of hydrogen-bond acceptors (Lipinski definition) is 5. The first-order valence-corrected chi connectivity index (χ1v) is 17.6. The van der Waals surface area contributed by atoms with E-state index in [9.17, 15) is 0 Å². The minimum atomic E-state index is 0.879. The lowest BCUT2D eigenvalue weighted by Crippen LogP contribution is -2.10. The minimum absolute atomic E-state index is 0.879. The van der Waals surface area contributed by atoms with E-state index in [0.717, 1.165) is 55.1 Å². The van der Waals surface area contributed by atoms with E-state index >= 15 is 0 Å². The molecule has 226 valence electrons. The molecule has 48 heavy (non-hydrogen) atoms. The smallest absolute Gasteiger partial charge is 0.137 e. The summed E-state index contributed by atoms with van der Waals surface area (Å²) < 4.78 is 10.1. The van der Waals surface area contributed by atoms with E-state index in [1.165, 1.54) is 36.0 Å². The van der Waals surface area contributed by atoms with Gasteiger partial charge in [-0.1, -0.05) is 103 Å². The molecule has 0 aliphatic rings. The van der Waals surface area contributed by atoms with Crippen LogP contribution in [0.4, 0.5) is 17.1 Å². The molecule has 0 radical (unpaired) electrons. The fraction of sp³-hybridized carbons (Fsp3) is 0. The van der Waals surface area contributed by atoms with Crippen LogP contribution in [0.25, 0.3) is 74.0 Å². The molecule has 0 aliphatic heterocycles. The Hall–Kier alpha value is -5.75. The van der Waals surface area contributed by atoms with E-state index in [-0.39, 0.29) is 0 Å². The van der Waals surface area contributed by atoms with Gasteiger partial charge in [-0.3, -0.25) is 0 Å². The molecule has 0 N–H and O–H groups in total. The van der Waals surface area contributed by atoms with Crippen LogP contribution in [-0.2, 0) is 0 Å². The highest BCUT2D eigenvalue weighted by Gasteiger charge is 2.21. The van der Waals surface area contributed by atoms with Gasteiger partial charge in [0.05, 0.1) is 21.3 Å². The van der Waals surface area contributed by atoms with Gasteiger partial charge in [0.15, 0.2) is 0 Å². The molecule has 0 atom stereocenters. The number of anilines is 3. The molecule has 0 spiro atoms. The fourth-order valence-corrected chi connectivity index (χ4v) is 9.22. The molecule has 0 saturated carbocycles. The summed E-state index contributed by atoms with van der Waals surface area (Å²) in [5, 5.41) is 5.83. The Kier molecular flexibility index (Phi) is 6.22. The molecule has 3 aromatic heterocycles. The molecule has 0 saturated heterocycles. The van der Waals surface area contributed by atoms with Crippen molar-refractivity contribution in [2.45, 2.75) is 0 Å². The zero-order valence-electron chi connectivity index (χ0n) is 25.6. The zero-order chi connectivity index (χ0) is 31.6. The Morgan fingerprint density at radius 2 is 1.19 bits per heavy atom. The number of fused-ring (bicyclic) bond motifs is 8. The molecular formula is C43H26N2OS2. The largest absolute Gasteiger partial charge is 0.456 e. The van der Waals surface area contributed by atoms with E-state index in [1.807, 2.05) is 23.5 Å². The summed E-state index contributed by atoms with van der Waals surface area (Å²) in [6.07, 6.45) is 0. The Balaban J connectivity index is 1.17. The summed E-state index contributed by atoms with van der Waals surface area (Å²) in [5.74, 6) is 0. The first kappa shape index (κ1) is 27.4. The second kappa shape index (κ2) is 10.9. The van der Waals surface area contributed by atoms with Gasteiger partial charge in [0.1, 0.15) is 16.2 Å². The van der Waals surface area contributed by atoms with Crippen molar-refractivity contribution in [1.29, 1.82) is 0 Å². The van der Waals surface area contributed by atoms with Gasteiger partial charge < -0.3 is 9.32 Å². The summed E-state index contributed by atoms with van der Waals surface area (Å²) in [6, 6.07) is 55.9. The van der Waals surface area contributed by atoms with Crippen molar-refractivity contribution >= 4 is 92.1 Å². The number of thiophene rings is 1. The lowest BCUT2D eigenvalue weighted by atomic mass is 10.0. The van der Waals surface area contributed by atoms with Gasteiger partial charge in [-0.2, -0.15) is 0 Å². The molecular weight excluding hydrogens is 625 g/mol. The van der Waals surface area contributed by atoms with Crippen LogP contribution in [0.5, 0.6) is 0 Å². The number of rotatable bonds is 5. The Bertz CT molecular complexity index is 2780. The third-order valence-corrected chi connectivity index (χ3v) is 11.4. The highest BCUT2D eigenvalue weighted by Crippen LogP contribution is 2.47. The van der Waals surface area contributed by atoms with Crippen molar-refractivity contribution in [1.82, 2.24) is 4.98 Å². The molecule has 0 aliphatic carbocycles. The topological polar surface area (TPSA) is 29.3 Å². The van der Waals surface area contributed by atoms with E-state index in [4.69, 9.17) is 9.40 Å². The standard InChI is InChI=1S/C43H26N2OS2/c1-3-10-27(11-4-1)28-18-20-30(21-19-28)45(35-15-9-17-37-40(35)32-14-7-8-16-36(32)46-37)31-22-23-33-39(26-31)47-38-25-24-34-42(41(33)38)48-43(44-34)29-12-5-2-6-13-29/h1-26H. The summed E-state index contributed by atoms with van der Waals surface area (Å²) >= 11 is 3.63. The van der Waals surface area contributed by atoms with Crippen molar-refractivity contribution in [2.75, 3.05) is 4.90 Å². The number of aromatic nitrogens is 1. The number of hydrogen-bond donors (Lipinski definition) is 0. The van der Waals surface area contributed by atoms with Crippen LogP contribution in [0, 0.1) is 0 Å². The molecule has 0 unspecified atom stereocenters. The van der Waals surface area contributed by atoms with Gasteiger partial charge in [0.2, 0.25) is 0 Å². The first-order valence-electron chi connectivity index (χ1n) is 16.0. The van der Waals surface area contributed by atoms with Crippen molar-refractivity contribution in [3.05, 3.63) is 158 Å². The summed E-state index contributed by atoms with van der Waals surface area (Å²) in [4.78, 5) is 7.40. The van der Waals surface area contributed by atoms with Crippen molar-refractivity contribution < 1.29 is 4.42 Å². The maximum absolute atomic E-state index is 6.35. The second-order valence-electron chi connectivity index (χ2n) is 12.0. The second-order valence-corrected chi connectivity index (χ2v) is 14.0. The van der Waals surface area contributed by atoms with Gasteiger partial charge in [-0.15, -0.1) is 22.7 Å². The molecule has 3 nitrogen and oxygen atoms in total. The van der Waals surface area contributed by atoms with Crippen LogP contribution in [0.2, 0.25) is 0 Å². The maximum Gasteiger partial charge on any atom is 0.137 e. The number of thiazole rings is 1. The van der Waals surface area contributed by atoms with Gasteiger partial charge >= 0.3 is 0 Å². The third kappa shape index (κ3) is 4.36. The number of nitrogens with zero attached hydrogens (tertiary/aromatic N) is 2. The quantitative estimate of drug-likeness (QED) is 0.186. The monoisotopic (exact) mass is 650 g/mol. The first-order chi connectivity index (χ1) is 23.8. The van der Waals surface area contributed by atoms with Crippen molar-refractivity contribution in [3.63, 3.8) is 0 Å². The Labute approximate surface area is 284 Å². The van der Waals surface area contributed by atoms with Crippen molar-refractivity contribution in [2.24, 2.45) is 0 Å². The predicted molar refractivity (Wildman–Crippen MR) is 205 cm³/mol.